The average molecular weight is 311 g/mol. The average Bonchev–Trinajstić information content (AvgIpc) is 2.94. The zero-order valence-corrected chi connectivity index (χ0v) is 14.7. The van der Waals surface area contributed by atoms with Crippen molar-refractivity contribution in [2.45, 2.75) is 45.5 Å². The third-order valence-corrected chi connectivity index (χ3v) is 5.87. The number of fused-ring (bicyclic) bond motifs is 1. The van der Waals surface area contributed by atoms with Crippen LogP contribution in [-0.2, 0) is 5.75 Å². The van der Waals surface area contributed by atoms with Gasteiger partial charge in [-0.3, -0.25) is 0 Å². The minimum Gasteiger partial charge on any atom is -0.231 e. The summed E-state index contributed by atoms with van der Waals surface area (Å²) in [4.78, 5) is 6.91. The first-order chi connectivity index (χ1) is 10.5. The molecule has 0 saturated carbocycles. The van der Waals surface area contributed by atoms with Crippen LogP contribution in [0.1, 0.15) is 33.4 Å². The molecule has 1 heterocycles. The Labute approximate surface area is 136 Å². The Morgan fingerprint density at radius 3 is 2.09 bits per heavy atom. The zero-order valence-electron chi connectivity index (χ0n) is 13.9. The Kier molecular flexibility index (Phi) is 4.00. The van der Waals surface area contributed by atoms with Gasteiger partial charge in [0.15, 0.2) is 11.0 Å². The molecule has 3 rings (SSSR count). The molecule has 3 aromatic rings. The van der Waals surface area contributed by atoms with Gasteiger partial charge in [-0.25, -0.2) is 9.97 Å². The summed E-state index contributed by atoms with van der Waals surface area (Å²) in [6, 6.07) is 8.32. The van der Waals surface area contributed by atoms with Crippen molar-refractivity contribution in [3.63, 3.8) is 0 Å². The summed E-state index contributed by atoms with van der Waals surface area (Å²) < 4.78 is 0. The minimum absolute atomic E-state index is 0.989. The number of hydrogen-bond acceptors (Lipinski definition) is 1. The standard InChI is InChI=1S/C19H22N2S/c1-11-12(2)14(4)16(15(5)13(11)3)10-22-19-20-17-8-6-7-9-18(17)21-19/h6-9H,10H2,1-5H3,(H,20,21)/p+1. The Morgan fingerprint density at radius 2 is 1.45 bits per heavy atom. The second kappa shape index (κ2) is 5.81. The Bertz CT molecular complexity index is 784. The minimum atomic E-state index is 0.989. The maximum Gasteiger partial charge on any atom is 0.314 e. The molecule has 0 aliphatic carbocycles. The van der Waals surface area contributed by atoms with E-state index in [4.69, 9.17) is 0 Å². The van der Waals surface area contributed by atoms with Gasteiger partial charge in [0.25, 0.3) is 0 Å². The van der Waals surface area contributed by atoms with Gasteiger partial charge in [-0.2, -0.15) is 0 Å². The molecular formula is C19H23N2S+. The van der Waals surface area contributed by atoms with E-state index in [2.05, 4.69) is 68.9 Å². The Balaban J connectivity index is 1.90. The van der Waals surface area contributed by atoms with E-state index in [9.17, 15) is 0 Å². The summed E-state index contributed by atoms with van der Waals surface area (Å²) in [5, 5.41) is 1.12. The molecule has 2 N–H and O–H groups in total. The molecule has 114 valence electrons. The molecule has 0 saturated heterocycles. The molecule has 0 aliphatic rings. The van der Waals surface area contributed by atoms with E-state index < -0.39 is 0 Å². The van der Waals surface area contributed by atoms with Crippen LogP contribution in [-0.4, -0.2) is 4.98 Å². The van der Waals surface area contributed by atoms with E-state index in [-0.39, 0.29) is 0 Å². The summed E-state index contributed by atoms with van der Waals surface area (Å²) in [5.74, 6) is 0.989. The van der Waals surface area contributed by atoms with E-state index in [1.54, 1.807) is 0 Å². The lowest BCUT2D eigenvalue weighted by Crippen LogP contribution is -2.04. The highest BCUT2D eigenvalue weighted by atomic mass is 32.2. The van der Waals surface area contributed by atoms with Crippen LogP contribution in [0.4, 0.5) is 0 Å². The highest BCUT2D eigenvalue weighted by Crippen LogP contribution is 2.30. The SMILES string of the molecule is Cc1c(C)c(C)c(CSc2[nH]c3ccccc3[nH+]2)c(C)c1C. The first-order valence-corrected chi connectivity index (χ1v) is 8.66. The van der Waals surface area contributed by atoms with Crippen molar-refractivity contribution >= 4 is 22.8 Å². The van der Waals surface area contributed by atoms with Crippen LogP contribution < -0.4 is 4.98 Å². The van der Waals surface area contributed by atoms with Crippen LogP contribution >= 0.6 is 11.8 Å². The molecule has 0 unspecified atom stereocenters. The molecule has 22 heavy (non-hydrogen) atoms. The number of H-pyrrole nitrogens is 2. The molecule has 1 aromatic heterocycles. The highest BCUT2D eigenvalue weighted by molar-refractivity contribution is 7.98. The van der Waals surface area contributed by atoms with Crippen LogP contribution in [0.3, 0.4) is 0 Å². The molecule has 0 amide bonds. The number of thioether (sulfide) groups is 1. The molecule has 3 heteroatoms. The largest absolute Gasteiger partial charge is 0.314 e. The number of aromatic amines is 2. The van der Waals surface area contributed by atoms with Crippen molar-refractivity contribution in [1.82, 2.24) is 4.98 Å². The van der Waals surface area contributed by atoms with Crippen molar-refractivity contribution in [3.8, 4) is 0 Å². The van der Waals surface area contributed by atoms with E-state index in [1.165, 1.54) is 33.4 Å². The number of imidazole rings is 1. The van der Waals surface area contributed by atoms with Crippen LogP contribution in [0.25, 0.3) is 11.0 Å². The molecule has 0 aliphatic heterocycles. The third kappa shape index (κ3) is 2.54. The maximum atomic E-state index is 3.45. The number of aromatic nitrogens is 2. The smallest absolute Gasteiger partial charge is 0.231 e. The van der Waals surface area contributed by atoms with Gasteiger partial charge in [-0.05, 0) is 91.9 Å². The summed E-state index contributed by atoms with van der Waals surface area (Å²) in [6.07, 6.45) is 0. The van der Waals surface area contributed by atoms with Gasteiger partial charge in [0.1, 0.15) is 0 Å². The Morgan fingerprint density at radius 1 is 0.864 bits per heavy atom. The van der Waals surface area contributed by atoms with Crippen LogP contribution in [0.15, 0.2) is 29.4 Å². The molecule has 0 bridgehead atoms. The fourth-order valence-corrected chi connectivity index (χ4v) is 4.07. The normalized spacial score (nSPS) is 11.3. The van der Waals surface area contributed by atoms with Gasteiger partial charge in [0.05, 0.1) is 0 Å². The van der Waals surface area contributed by atoms with E-state index >= 15 is 0 Å². The van der Waals surface area contributed by atoms with Gasteiger partial charge in [0, 0.05) is 5.75 Å². The fraction of sp³-hybridized carbons (Fsp3) is 0.316. The molecule has 2 aromatic carbocycles. The van der Waals surface area contributed by atoms with E-state index in [0.717, 1.165) is 21.9 Å². The highest BCUT2D eigenvalue weighted by Gasteiger charge is 2.15. The van der Waals surface area contributed by atoms with Gasteiger partial charge in [0.2, 0.25) is 0 Å². The van der Waals surface area contributed by atoms with Crippen molar-refractivity contribution in [1.29, 1.82) is 0 Å². The lowest BCUT2D eigenvalue weighted by molar-refractivity contribution is -0.396. The summed E-state index contributed by atoms with van der Waals surface area (Å²) >= 11 is 1.84. The van der Waals surface area contributed by atoms with Gasteiger partial charge < -0.3 is 0 Å². The number of benzene rings is 2. The number of para-hydroxylation sites is 2. The van der Waals surface area contributed by atoms with Crippen molar-refractivity contribution in [2.75, 3.05) is 0 Å². The molecule has 0 atom stereocenters. The number of hydrogen-bond donors (Lipinski definition) is 1. The van der Waals surface area contributed by atoms with Gasteiger partial charge in [-0.15, -0.1) is 0 Å². The molecular weight excluding hydrogens is 288 g/mol. The van der Waals surface area contributed by atoms with Crippen molar-refractivity contribution in [2.24, 2.45) is 0 Å². The third-order valence-electron chi connectivity index (χ3n) is 4.94. The lowest BCUT2D eigenvalue weighted by atomic mass is 9.90. The molecule has 0 radical (unpaired) electrons. The van der Waals surface area contributed by atoms with Crippen LogP contribution in [0, 0.1) is 34.6 Å². The second-order valence-electron chi connectivity index (χ2n) is 6.02. The number of rotatable bonds is 3. The lowest BCUT2D eigenvalue weighted by Gasteiger charge is -2.17. The summed E-state index contributed by atoms with van der Waals surface area (Å²) in [7, 11) is 0. The fourth-order valence-electron chi connectivity index (χ4n) is 2.99. The first kappa shape index (κ1) is 15.2. The predicted octanol–water partition coefficient (Wildman–Crippen LogP) is 4.82. The summed E-state index contributed by atoms with van der Waals surface area (Å²) in [5.41, 5.74) is 11.0. The van der Waals surface area contributed by atoms with Gasteiger partial charge >= 0.3 is 5.16 Å². The predicted molar refractivity (Wildman–Crippen MR) is 94.5 cm³/mol. The van der Waals surface area contributed by atoms with E-state index in [1.807, 2.05) is 11.8 Å². The molecule has 2 nitrogen and oxygen atoms in total. The number of nitrogens with one attached hydrogen (secondary N) is 2. The first-order valence-electron chi connectivity index (χ1n) is 7.67. The quantitative estimate of drug-likeness (QED) is 0.691. The van der Waals surface area contributed by atoms with E-state index in [0.29, 0.717) is 0 Å². The van der Waals surface area contributed by atoms with Crippen LogP contribution in [0.5, 0.6) is 0 Å². The topological polar surface area (TPSA) is 29.9 Å². The monoisotopic (exact) mass is 311 g/mol. The Hall–Kier alpha value is -1.74. The van der Waals surface area contributed by atoms with Crippen LogP contribution in [0.2, 0.25) is 0 Å². The molecule has 0 spiro atoms. The van der Waals surface area contributed by atoms with Gasteiger partial charge in [-0.1, -0.05) is 12.1 Å². The van der Waals surface area contributed by atoms with Crippen molar-refractivity contribution in [3.05, 3.63) is 57.6 Å². The zero-order chi connectivity index (χ0) is 15.9. The molecule has 0 fully saturated rings. The van der Waals surface area contributed by atoms with Crippen molar-refractivity contribution < 1.29 is 4.98 Å². The maximum absolute atomic E-state index is 3.45. The summed E-state index contributed by atoms with van der Waals surface area (Å²) in [6.45, 7) is 11.2. The second-order valence-corrected chi connectivity index (χ2v) is 7.00.